The molecule has 2 fully saturated rings. The van der Waals surface area contributed by atoms with Gasteiger partial charge >= 0.3 is 6.02 Å². The van der Waals surface area contributed by atoms with Gasteiger partial charge in [-0.3, -0.25) is 19.5 Å². The molecule has 0 radical (unpaired) electrons. The zero-order valence-corrected chi connectivity index (χ0v) is 29.7. The highest BCUT2D eigenvalue weighted by Gasteiger charge is 2.34. The van der Waals surface area contributed by atoms with E-state index in [0.717, 1.165) is 54.0 Å². The zero-order chi connectivity index (χ0) is 33.7. The Morgan fingerprint density at radius 3 is 2.27 bits per heavy atom. The molecule has 1 aromatic heterocycles. The van der Waals surface area contributed by atoms with Crippen LogP contribution in [0.15, 0.2) is 101 Å². The van der Waals surface area contributed by atoms with E-state index in [-0.39, 0.29) is 23.8 Å². The van der Waals surface area contributed by atoms with Crippen LogP contribution in [0.3, 0.4) is 0 Å². The first-order chi connectivity index (χ1) is 23.9. The number of pyridine rings is 1. The predicted molar refractivity (Wildman–Crippen MR) is 195 cm³/mol. The largest absolute Gasteiger partial charge is 0.426 e. The third-order valence-electron chi connectivity index (χ3n) is 9.84. The van der Waals surface area contributed by atoms with Crippen LogP contribution in [0, 0.1) is 5.92 Å². The molecule has 3 heterocycles. The molecule has 0 N–H and O–H groups in total. The highest BCUT2D eigenvalue weighted by molar-refractivity contribution is 9.10. The number of rotatable bonds is 5. The fraction of sp³-hybridized carbons (Fsp3) is 0.333. The van der Waals surface area contributed by atoms with Gasteiger partial charge in [-0.05, 0) is 107 Å². The summed E-state index contributed by atoms with van der Waals surface area (Å²) in [5, 5.41) is 0.756. The number of piperidine rings is 1. The number of likely N-dealkylation sites (tertiary alicyclic amines) is 1. The van der Waals surface area contributed by atoms with Crippen molar-refractivity contribution in [1.82, 2.24) is 19.7 Å². The molecule has 2 amide bonds. The molecule has 7 rings (SSSR count). The first-order valence-corrected chi connectivity index (χ1v) is 18.2. The van der Waals surface area contributed by atoms with Gasteiger partial charge < -0.3 is 14.5 Å². The number of para-hydroxylation sites is 1. The Hall–Kier alpha value is -4.05. The molecule has 3 aliphatic rings. The van der Waals surface area contributed by atoms with Gasteiger partial charge in [-0.15, -0.1) is 0 Å². The first-order valence-electron chi connectivity index (χ1n) is 17.0. The monoisotopic (exact) mass is 739 g/mol. The highest BCUT2D eigenvalue weighted by atomic mass is 79.9. The molecule has 0 bridgehead atoms. The Kier molecular flexibility index (Phi) is 10.4. The van der Waals surface area contributed by atoms with Gasteiger partial charge in [0.25, 0.3) is 5.91 Å². The van der Waals surface area contributed by atoms with Crippen LogP contribution >= 0.6 is 27.5 Å². The summed E-state index contributed by atoms with van der Waals surface area (Å²) in [6.07, 6.45) is 5.89. The average Bonchev–Trinajstić information content (AvgIpc) is 3.28. The summed E-state index contributed by atoms with van der Waals surface area (Å²) in [5.74, 6) is 0.757. The van der Waals surface area contributed by atoms with Gasteiger partial charge in [-0.1, -0.05) is 54.1 Å². The second-order valence-corrected chi connectivity index (χ2v) is 14.3. The van der Waals surface area contributed by atoms with E-state index in [1.54, 1.807) is 12.1 Å². The lowest BCUT2D eigenvalue weighted by molar-refractivity contribution is -0.134. The molecule has 1 atom stereocenters. The van der Waals surface area contributed by atoms with Crippen molar-refractivity contribution in [3.05, 3.63) is 129 Å². The van der Waals surface area contributed by atoms with Crippen molar-refractivity contribution in [3.8, 4) is 5.75 Å². The van der Waals surface area contributed by atoms with Gasteiger partial charge in [0, 0.05) is 66.9 Å². The molecule has 8 nitrogen and oxygen atoms in total. The maximum absolute atomic E-state index is 13.6. The van der Waals surface area contributed by atoms with E-state index in [1.807, 2.05) is 70.6 Å². The van der Waals surface area contributed by atoms with Crippen molar-refractivity contribution in [2.75, 3.05) is 39.3 Å². The van der Waals surface area contributed by atoms with Crippen LogP contribution in [0.2, 0.25) is 5.02 Å². The number of aryl methyl sites for hydroxylation is 2. The molecule has 252 valence electrons. The number of hydrogen-bond acceptors (Lipinski definition) is 5. The van der Waals surface area contributed by atoms with Gasteiger partial charge in [0.05, 0.1) is 11.7 Å². The molecular weight excluding hydrogens is 702 g/mol. The molecule has 0 spiro atoms. The number of aromatic nitrogens is 1. The van der Waals surface area contributed by atoms with E-state index in [9.17, 15) is 9.59 Å². The molecule has 0 saturated carbocycles. The Morgan fingerprint density at radius 1 is 0.837 bits per heavy atom. The summed E-state index contributed by atoms with van der Waals surface area (Å²) in [7, 11) is 0. The van der Waals surface area contributed by atoms with Crippen molar-refractivity contribution in [1.29, 1.82) is 0 Å². The molecule has 2 saturated heterocycles. The number of amides is 2. The zero-order valence-electron chi connectivity index (χ0n) is 27.3. The SMILES string of the molecule is O=C(N=C(Oc1ccccc1)N1CCC(CC(=O)N2CCN(C3c4ccc(Cl)cc4CCc4cc(Br)cnc43)CC2)CC1)c1ccccc1. The van der Waals surface area contributed by atoms with Crippen molar-refractivity contribution >= 4 is 45.4 Å². The van der Waals surface area contributed by atoms with Gasteiger partial charge in [-0.25, -0.2) is 0 Å². The second kappa shape index (κ2) is 15.2. The molecule has 1 aliphatic carbocycles. The van der Waals surface area contributed by atoms with Crippen LogP contribution in [0.25, 0.3) is 0 Å². The van der Waals surface area contributed by atoms with Crippen molar-refractivity contribution in [3.63, 3.8) is 0 Å². The minimum Gasteiger partial charge on any atom is -0.426 e. The molecule has 2 aliphatic heterocycles. The number of amidine groups is 1. The number of carbonyl (C=O) groups excluding carboxylic acids is 2. The summed E-state index contributed by atoms with van der Waals surface area (Å²) in [6, 6.07) is 27.2. The third-order valence-corrected chi connectivity index (χ3v) is 10.5. The fourth-order valence-corrected chi connectivity index (χ4v) is 7.77. The molecule has 1 unspecified atom stereocenters. The van der Waals surface area contributed by atoms with Crippen LogP contribution in [0.5, 0.6) is 5.75 Å². The van der Waals surface area contributed by atoms with Gasteiger partial charge in [-0.2, -0.15) is 4.99 Å². The summed E-state index contributed by atoms with van der Waals surface area (Å²) >= 11 is 10.0. The predicted octanol–water partition coefficient (Wildman–Crippen LogP) is 7.21. The lowest BCUT2D eigenvalue weighted by atomic mass is 9.93. The lowest BCUT2D eigenvalue weighted by Gasteiger charge is -2.40. The van der Waals surface area contributed by atoms with Crippen LogP contribution in [-0.4, -0.2) is 76.8 Å². The number of benzene rings is 3. The topological polar surface area (TPSA) is 78.3 Å². The van der Waals surface area contributed by atoms with E-state index in [0.29, 0.717) is 49.9 Å². The smallest absolute Gasteiger partial charge is 0.301 e. The number of aliphatic imine (C=N–C) groups is 1. The maximum atomic E-state index is 13.6. The molecule has 10 heteroatoms. The first kappa shape index (κ1) is 33.4. The lowest BCUT2D eigenvalue weighted by Crippen LogP contribution is -2.50. The van der Waals surface area contributed by atoms with Crippen LogP contribution in [-0.2, 0) is 17.6 Å². The summed E-state index contributed by atoms with van der Waals surface area (Å²) in [5.41, 5.74) is 5.39. The summed E-state index contributed by atoms with van der Waals surface area (Å²) in [6.45, 7) is 4.25. The minimum absolute atomic E-state index is 0.0298. The standard InChI is InChI=1S/C39H39BrClN5O3/c40-31-24-30-12-11-29-25-32(41)13-14-34(29)37(36(30)42-26-31)45-21-19-44(20-22-45)35(47)23-27-15-17-46(18-16-27)39(49-33-9-5-2-6-10-33)43-38(48)28-7-3-1-4-8-28/h1-10,13-14,24-27,37H,11-12,15-23H2. The Balaban J connectivity index is 0.975. The quantitative estimate of drug-likeness (QED) is 0.159. The van der Waals surface area contributed by atoms with Gasteiger partial charge in [0.2, 0.25) is 5.91 Å². The number of halogens is 2. The van der Waals surface area contributed by atoms with Gasteiger partial charge in [0.15, 0.2) is 0 Å². The second-order valence-electron chi connectivity index (χ2n) is 13.0. The number of nitrogens with zero attached hydrogens (tertiary/aromatic N) is 5. The van der Waals surface area contributed by atoms with E-state index in [2.05, 4.69) is 44.0 Å². The van der Waals surface area contributed by atoms with Crippen molar-refractivity contribution < 1.29 is 14.3 Å². The highest BCUT2D eigenvalue weighted by Crippen LogP contribution is 2.38. The van der Waals surface area contributed by atoms with Crippen molar-refractivity contribution in [2.45, 2.75) is 38.1 Å². The maximum Gasteiger partial charge on any atom is 0.301 e. The number of fused-ring (bicyclic) bond motifs is 2. The van der Waals surface area contributed by atoms with Gasteiger partial charge in [0.1, 0.15) is 5.75 Å². The number of carbonyl (C=O) groups is 2. The average molecular weight is 741 g/mol. The fourth-order valence-electron chi connectivity index (χ4n) is 7.20. The summed E-state index contributed by atoms with van der Waals surface area (Å²) in [4.78, 5) is 42.5. The van der Waals surface area contributed by atoms with E-state index >= 15 is 0 Å². The van der Waals surface area contributed by atoms with E-state index in [4.69, 9.17) is 21.3 Å². The van der Waals surface area contributed by atoms with Crippen LogP contribution < -0.4 is 4.74 Å². The third kappa shape index (κ3) is 7.90. The molecule has 49 heavy (non-hydrogen) atoms. The van der Waals surface area contributed by atoms with E-state index < -0.39 is 0 Å². The molecule has 3 aromatic carbocycles. The normalized spacial score (nSPS) is 18.7. The molecule has 4 aromatic rings. The summed E-state index contributed by atoms with van der Waals surface area (Å²) < 4.78 is 7.13. The Morgan fingerprint density at radius 2 is 1.53 bits per heavy atom. The van der Waals surface area contributed by atoms with Crippen LogP contribution in [0.1, 0.15) is 58.0 Å². The Labute approximate surface area is 300 Å². The van der Waals surface area contributed by atoms with Crippen molar-refractivity contribution in [2.24, 2.45) is 10.9 Å². The van der Waals surface area contributed by atoms with Crippen LogP contribution in [0.4, 0.5) is 0 Å². The number of hydrogen-bond donors (Lipinski definition) is 0. The minimum atomic E-state index is -0.341. The Bertz CT molecular complexity index is 1770. The molecular formula is C39H39BrClN5O3. The number of ether oxygens (including phenoxy) is 1. The number of piperazine rings is 1. The van der Waals surface area contributed by atoms with E-state index in [1.165, 1.54) is 16.7 Å².